The summed E-state index contributed by atoms with van der Waals surface area (Å²) in [5.74, 6) is 0.717. The van der Waals surface area contributed by atoms with Crippen LogP contribution in [0.25, 0.3) is 0 Å². The van der Waals surface area contributed by atoms with Crippen LogP contribution in [0.3, 0.4) is 0 Å². The first-order chi connectivity index (χ1) is 12.0. The summed E-state index contributed by atoms with van der Waals surface area (Å²) in [6.45, 7) is 6.03. The van der Waals surface area contributed by atoms with Crippen LogP contribution in [-0.4, -0.2) is 34.9 Å². The summed E-state index contributed by atoms with van der Waals surface area (Å²) < 4.78 is 5.80. The number of amides is 1. The molecule has 0 bridgehead atoms. The fourth-order valence-electron chi connectivity index (χ4n) is 3.10. The predicted octanol–water partition coefficient (Wildman–Crippen LogP) is 3.70. The number of hydrogen-bond donors (Lipinski definition) is 1. The zero-order valence-corrected chi connectivity index (χ0v) is 17.3. The lowest BCUT2D eigenvalue weighted by atomic mass is 9.79. The SMILES string of the molecule is CC1(C)CN(C(=O)c2cccc(OCc3cccnc3)c2)CCC1N.Cl.Cl. The molecular formula is C20H27Cl2N3O2. The second kappa shape index (κ2) is 9.93. The van der Waals surface area contributed by atoms with Crippen LogP contribution in [0.1, 0.15) is 36.2 Å². The third-order valence-electron chi connectivity index (χ3n) is 4.81. The number of nitrogens with two attached hydrogens (primary N) is 1. The Kier molecular flexibility index (Phi) is 8.54. The molecule has 0 saturated carbocycles. The van der Waals surface area contributed by atoms with E-state index in [0.717, 1.165) is 12.0 Å². The van der Waals surface area contributed by atoms with Gasteiger partial charge in [0.15, 0.2) is 0 Å². The summed E-state index contributed by atoms with van der Waals surface area (Å²) >= 11 is 0. The third-order valence-corrected chi connectivity index (χ3v) is 4.81. The molecule has 1 atom stereocenters. The van der Waals surface area contributed by atoms with Gasteiger partial charge in [0, 0.05) is 42.7 Å². The zero-order valence-electron chi connectivity index (χ0n) is 15.6. The number of likely N-dealkylation sites (tertiary alicyclic amines) is 1. The average Bonchev–Trinajstić information content (AvgIpc) is 2.63. The molecule has 2 N–H and O–H groups in total. The fraction of sp³-hybridized carbons (Fsp3) is 0.400. The quantitative estimate of drug-likeness (QED) is 0.832. The molecule has 2 heterocycles. The summed E-state index contributed by atoms with van der Waals surface area (Å²) in [7, 11) is 0. The summed E-state index contributed by atoms with van der Waals surface area (Å²) in [4.78, 5) is 18.8. The van der Waals surface area contributed by atoms with Gasteiger partial charge in [0.2, 0.25) is 0 Å². The summed E-state index contributed by atoms with van der Waals surface area (Å²) in [6, 6.07) is 11.3. The van der Waals surface area contributed by atoms with Crippen molar-refractivity contribution < 1.29 is 9.53 Å². The lowest BCUT2D eigenvalue weighted by Crippen LogP contribution is -2.53. The van der Waals surface area contributed by atoms with Crippen LogP contribution in [-0.2, 0) is 6.61 Å². The Morgan fingerprint density at radius 3 is 2.74 bits per heavy atom. The number of piperidine rings is 1. The lowest BCUT2D eigenvalue weighted by molar-refractivity contribution is 0.0532. The van der Waals surface area contributed by atoms with Crippen molar-refractivity contribution in [3.8, 4) is 5.75 Å². The molecule has 1 saturated heterocycles. The normalized spacial score (nSPS) is 18.0. The van der Waals surface area contributed by atoms with Gasteiger partial charge in [-0.2, -0.15) is 0 Å². The highest BCUT2D eigenvalue weighted by molar-refractivity contribution is 5.94. The van der Waals surface area contributed by atoms with E-state index in [1.165, 1.54) is 0 Å². The summed E-state index contributed by atoms with van der Waals surface area (Å²) in [5, 5.41) is 0. The van der Waals surface area contributed by atoms with Crippen molar-refractivity contribution in [3.63, 3.8) is 0 Å². The molecule has 1 fully saturated rings. The Balaban J connectivity index is 0.00000182. The first kappa shape index (κ1) is 23.2. The van der Waals surface area contributed by atoms with E-state index in [9.17, 15) is 4.79 Å². The minimum absolute atomic E-state index is 0. The minimum atomic E-state index is -0.0671. The van der Waals surface area contributed by atoms with E-state index >= 15 is 0 Å². The van der Waals surface area contributed by atoms with Gasteiger partial charge in [-0.3, -0.25) is 9.78 Å². The van der Waals surface area contributed by atoms with Crippen molar-refractivity contribution in [2.24, 2.45) is 11.1 Å². The van der Waals surface area contributed by atoms with Crippen LogP contribution in [0.4, 0.5) is 0 Å². The molecular weight excluding hydrogens is 385 g/mol. The highest BCUT2D eigenvalue weighted by Crippen LogP contribution is 2.29. The number of benzene rings is 1. The lowest BCUT2D eigenvalue weighted by Gasteiger charge is -2.42. The first-order valence-electron chi connectivity index (χ1n) is 8.62. The van der Waals surface area contributed by atoms with Gasteiger partial charge in [-0.15, -0.1) is 24.8 Å². The second-order valence-electron chi connectivity index (χ2n) is 7.29. The Morgan fingerprint density at radius 1 is 1.30 bits per heavy atom. The monoisotopic (exact) mass is 411 g/mol. The van der Waals surface area contributed by atoms with Crippen LogP contribution in [0.5, 0.6) is 5.75 Å². The molecule has 1 unspecified atom stereocenters. The van der Waals surface area contributed by atoms with Gasteiger partial charge in [0.05, 0.1) is 0 Å². The van der Waals surface area contributed by atoms with Crippen LogP contribution in [0.15, 0.2) is 48.8 Å². The molecule has 1 aromatic heterocycles. The summed E-state index contributed by atoms with van der Waals surface area (Å²) in [5.41, 5.74) is 7.74. The third kappa shape index (κ3) is 5.83. The average molecular weight is 412 g/mol. The van der Waals surface area contributed by atoms with Crippen LogP contribution < -0.4 is 10.5 Å². The van der Waals surface area contributed by atoms with E-state index in [0.29, 0.717) is 31.0 Å². The van der Waals surface area contributed by atoms with Gasteiger partial charge in [-0.05, 0) is 36.1 Å². The Labute approximate surface area is 173 Å². The van der Waals surface area contributed by atoms with Crippen molar-refractivity contribution in [2.45, 2.75) is 32.9 Å². The second-order valence-corrected chi connectivity index (χ2v) is 7.29. The van der Waals surface area contributed by atoms with E-state index in [1.807, 2.05) is 35.2 Å². The first-order valence-corrected chi connectivity index (χ1v) is 8.62. The Hall–Kier alpha value is -1.82. The van der Waals surface area contributed by atoms with Gasteiger partial charge < -0.3 is 15.4 Å². The number of rotatable bonds is 4. The Morgan fingerprint density at radius 2 is 2.07 bits per heavy atom. The van der Waals surface area contributed by atoms with E-state index < -0.39 is 0 Å². The number of carbonyl (C=O) groups is 1. The molecule has 148 valence electrons. The van der Waals surface area contributed by atoms with E-state index in [4.69, 9.17) is 10.5 Å². The largest absolute Gasteiger partial charge is 0.489 e. The standard InChI is InChI=1S/C20H25N3O2.2ClH/c1-20(2)14-23(10-8-18(20)21)19(24)16-6-3-7-17(11-16)25-13-15-5-4-9-22-12-15;;/h3-7,9,11-12,18H,8,10,13-14,21H2,1-2H3;2*1H. The van der Waals surface area contributed by atoms with Gasteiger partial charge >= 0.3 is 0 Å². The molecule has 7 heteroatoms. The fourth-order valence-corrected chi connectivity index (χ4v) is 3.10. The molecule has 1 aliphatic rings. The number of pyridine rings is 1. The molecule has 0 radical (unpaired) electrons. The van der Waals surface area contributed by atoms with Crippen molar-refractivity contribution in [3.05, 3.63) is 59.9 Å². The number of halogens is 2. The molecule has 0 aliphatic carbocycles. The highest BCUT2D eigenvalue weighted by atomic mass is 35.5. The van der Waals surface area contributed by atoms with Gasteiger partial charge in [-0.25, -0.2) is 0 Å². The minimum Gasteiger partial charge on any atom is -0.489 e. The smallest absolute Gasteiger partial charge is 0.254 e. The van der Waals surface area contributed by atoms with Crippen LogP contribution in [0, 0.1) is 5.41 Å². The molecule has 1 aliphatic heterocycles. The predicted molar refractivity (Wildman–Crippen MR) is 112 cm³/mol. The molecule has 0 spiro atoms. The Bertz CT molecular complexity index is 741. The number of aromatic nitrogens is 1. The topological polar surface area (TPSA) is 68.5 Å². The van der Waals surface area contributed by atoms with Crippen molar-refractivity contribution in [1.82, 2.24) is 9.88 Å². The van der Waals surface area contributed by atoms with Crippen LogP contribution >= 0.6 is 24.8 Å². The molecule has 27 heavy (non-hydrogen) atoms. The highest BCUT2D eigenvalue weighted by Gasteiger charge is 2.35. The molecule has 5 nitrogen and oxygen atoms in total. The van der Waals surface area contributed by atoms with Crippen LogP contribution in [0.2, 0.25) is 0 Å². The van der Waals surface area contributed by atoms with Crippen molar-refractivity contribution in [2.75, 3.05) is 13.1 Å². The van der Waals surface area contributed by atoms with E-state index in [2.05, 4.69) is 18.8 Å². The molecule has 1 amide bonds. The number of carbonyl (C=O) groups excluding carboxylic acids is 1. The van der Waals surface area contributed by atoms with Gasteiger partial charge in [0.1, 0.15) is 12.4 Å². The van der Waals surface area contributed by atoms with Crippen molar-refractivity contribution in [1.29, 1.82) is 0 Å². The van der Waals surface area contributed by atoms with E-state index in [1.54, 1.807) is 18.5 Å². The van der Waals surface area contributed by atoms with Gasteiger partial charge in [-0.1, -0.05) is 26.0 Å². The molecule has 3 rings (SSSR count). The maximum Gasteiger partial charge on any atom is 0.254 e. The number of hydrogen-bond acceptors (Lipinski definition) is 4. The maximum atomic E-state index is 12.8. The number of nitrogens with zero attached hydrogens (tertiary/aromatic N) is 2. The molecule has 2 aromatic rings. The number of ether oxygens (including phenoxy) is 1. The van der Waals surface area contributed by atoms with E-state index in [-0.39, 0.29) is 42.2 Å². The maximum absolute atomic E-state index is 12.8. The summed E-state index contributed by atoms with van der Waals surface area (Å²) in [6.07, 6.45) is 4.33. The molecule has 1 aromatic carbocycles. The zero-order chi connectivity index (χ0) is 17.9. The van der Waals surface area contributed by atoms with Gasteiger partial charge in [0.25, 0.3) is 5.91 Å². The van der Waals surface area contributed by atoms with Crippen molar-refractivity contribution >= 4 is 30.7 Å².